The van der Waals surface area contributed by atoms with Crippen LogP contribution >= 0.6 is 15.9 Å². The summed E-state index contributed by atoms with van der Waals surface area (Å²) in [6.07, 6.45) is 0.513. The van der Waals surface area contributed by atoms with Gasteiger partial charge in [-0.05, 0) is 19.9 Å². The molecule has 0 aromatic rings. The van der Waals surface area contributed by atoms with Crippen LogP contribution in [0.3, 0.4) is 0 Å². The number of hydrogen-bond donors (Lipinski definition) is 2. The van der Waals surface area contributed by atoms with Gasteiger partial charge in [-0.15, -0.1) is 0 Å². The molecule has 2 nitrogen and oxygen atoms in total. The third kappa shape index (κ3) is 4.63. The predicted octanol–water partition coefficient (Wildman–Crippen LogP) is 1.03. The SMILES string of the molecule is CC(O)C=C(Br)C(C)O. The molecule has 0 saturated heterocycles. The predicted molar refractivity (Wildman–Crippen MR) is 40.4 cm³/mol. The molecule has 0 fully saturated rings. The molecule has 2 unspecified atom stereocenters. The summed E-state index contributed by atoms with van der Waals surface area (Å²) < 4.78 is 0.623. The van der Waals surface area contributed by atoms with Crippen molar-refractivity contribution in [2.24, 2.45) is 0 Å². The van der Waals surface area contributed by atoms with E-state index < -0.39 is 12.2 Å². The lowest BCUT2D eigenvalue weighted by atomic mass is 10.3. The molecule has 0 aliphatic carbocycles. The van der Waals surface area contributed by atoms with E-state index in [-0.39, 0.29) is 0 Å². The molecule has 2 atom stereocenters. The van der Waals surface area contributed by atoms with E-state index in [1.165, 1.54) is 0 Å². The van der Waals surface area contributed by atoms with Crippen molar-refractivity contribution in [3.05, 3.63) is 10.6 Å². The Morgan fingerprint density at radius 2 is 1.89 bits per heavy atom. The number of rotatable bonds is 2. The lowest BCUT2D eigenvalue weighted by Gasteiger charge is -2.02. The van der Waals surface area contributed by atoms with Crippen LogP contribution in [0.1, 0.15) is 13.8 Å². The van der Waals surface area contributed by atoms with E-state index in [0.29, 0.717) is 4.48 Å². The number of aliphatic hydroxyl groups excluding tert-OH is 2. The molecule has 0 spiro atoms. The molecule has 0 rings (SSSR count). The molecule has 0 aromatic heterocycles. The Kier molecular flexibility index (Phi) is 4.10. The summed E-state index contributed by atoms with van der Waals surface area (Å²) in [5.74, 6) is 0. The van der Waals surface area contributed by atoms with Crippen molar-refractivity contribution in [1.82, 2.24) is 0 Å². The lowest BCUT2D eigenvalue weighted by molar-refractivity contribution is 0.225. The van der Waals surface area contributed by atoms with Gasteiger partial charge < -0.3 is 10.2 Å². The van der Waals surface area contributed by atoms with Gasteiger partial charge in [-0.3, -0.25) is 0 Å². The summed E-state index contributed by atoms with van der Waals surface area (Å²) in [5, 5.41) is 17.6. The molecule has 0 aromatic carbocycles. The maximum Gasteiger partial charge on any atom is 0.0824 e. The maximum absolute atomic E-state index is 8.84. The van der Waals surface area contributed by atoms with Crippen molar-refractivity contribution in [2.75, 3.05) is 0 Å². The lowest BCUT2D eigenvalue weighted by Crippen LogP contribution is -2.02. The first kappa shape index (κ1) is 9.14. The highest BCUT2D eigenvalue weighted by Gasteiger charge is 2.00. The average molecular weight is 195 g/mol. The normalized spacial score (nSPS) is 19.4. The van der Waals surface area contributed by atoms with Gasteiger partial charge in [0, 0.05) is 4.48 Å². The molecular formula is C6H11BrO2. The van der Waals surface area contributed by atoms with Gasteiger partial charge >= 0.3 is 0 Å². The standard InChI is InChI=1S/C6H11BrO2/c1-4(8)3-6(7)5(2)9/h3-5,8-9H,1-2H3. The molecule has 2 N–H and O–H groups in total. The van der Waals surface area contributed by atoms with Crippen LogP contribution in [0.5, 0.6) is 0 Å². The Hall–Kier alpha value is 0.140. The van der Waals surface area contributed by atoms with Crippen LogP contribution in [0, 0.1) is 0 Å². The highest BCUT2D eigenvalue weighted by Crippen LogP contribution is 2.10. The zero-order valence-electron chi connectivity index (χ0n) is 5.50. The summed E-state index contributed by atoms with van der Waals surface area (Å²) in [5.41, 5.74) is 0. The molecule has 0 bridgehead atoms. The van der Waals surface area contributed by atoms with Gasteiger partial charge in [0.05, 0.1) is 12.2 Å². The molecular weight excluding hydrogens is 184 g/mol. The third-order valence-corrected chi connectivity index (χ3v) is 1.73. The fourth-order valence-electron chi connectivity index (χ4n) is 0.370. The van der Waals surface area contributed by atoms with E-state index in [2.05, 4.69) is 15.9 Å². The molecule has 0 saturated carbocycles. The number of aliphatic hydroxyl groups is 2. The zero-order valence-corrected chi connectivity index (χ0v) is 7.09. The van der Waals surface area contributed by atoms with E-state index in [1.54, 1.807) is 19.9 Å². The van der Waals surface area contributed by atoms with Gasteiger partial charge in [-0.2, -0.15) is 0 Å². The van der Waals surface area contributed by atoms with Crippen molar-refractivity contribution in [3.8, 4) is 0 Å². The first-order chi connectivity index (χ1) is 4.04. The molecule has 0 radical (unpaired) electrons. The van der Waals surface area contributed by atoms with Gasteiger partial charge in [-0.25, -0.2) is 0 Å². The van der Waals surface area contributed by atoms with Gasteiger partial charge in [0.25, 0.3) is 0 Å². The highest BCUT2D eigenvalue weighted by molar-refractivity contribution is 9.11. The second kappa shape index (κ2) is 4.04. The minimum Gasteiger partial charge on any atom is -0.389 e. The van der Waals surface area contributed by atoms with Crippen molar-refractivity contribution < 1.29 is 10.2 Å². The van der Waals surface area contributed by atoms with E-state index in [0.717, 1.165) is 0 Å². The molecule has 0 aliphatic heterocycles. The van der Waals surface area contributed by atoms with E-state index in [4.69, 9.17) is 10.2 Å². The average Bonchev–Trinajstić information content (AvgIpc) is 1.63. The molecule has 0 heterocycles. The summed E-state index contributed by atoms with van der Waals surface area (Å²) in [4.78, 5) is 0. The fraction of sp³-hybridized carbons (Fsp3) is 0.667. The van der Waals surface area contributed by atoms with Crippen LogP contribution in [-0.4, -0.2) is 22.4 Å². The summed E-state index contributed by atoms with van der Waals surface area (Å²) in [6.45, 7) is 3.26. The van der Waals surface area contributed by atoms with Crippen LogP contribution in [0.25, 0.3) is 0 Å². The van der Waals surface area contributed by atoms with E-state index in [1.807, 2.05) is 0 Å². The van der Waals surface area contributed by atoms with Crippen molar-refractivity contribution in [2.45, 2.75) is 26.1 Å². The minimum absolute atomic E-state index is 0.506. The number of halogens is 1. The Morgan fingerprint density at radius 3 is 2.00 bits per heavy atom. The number of hydrogen-bond acceptors (Lipinski definition) is 2. The second-order valence-corrected chi connectivity index (χ2v) is 2.88. The van der Waals surface area contributed by atoms with Crippen LogP contribution in [0.2, 0.25) is 0 Å². The summed E-state index contributed by atoms with van der Waals surface area (Å²) in [7, 11) is 0. The highest BCUT2D eigenvalue weighted by atomic mass is 79.9. The van der Waals surface area contributed by atoms with Gasteiger partial charge in [0.1, 0.15) is 0 Å². The smallest absolute Gasteiger partial charge is 0.0824 e. The fourth-order valence-corrected chi connectivity index (χ4v) is 0.752. The van der Waals surface area contributed by atoms with Crippen molar-refractivity contribution in [1.29, 1.82) is 0 Å². The van der Waals surface area contributed by atoms with Crippen LogP contribution < -0.4 is 0 Å². The van der Waals surface area contributed by atoms with Crippen LogP contribution in [-0.2, 0) is 0 Å². The van der Waals surface area contributed by atoms with Crippen molar-refractivity contribution >= 4 is 15.9 Å². The molecule has 0 amide bonds. The van der Waals surface area contributed by atoms with Crippen LogP contribution in [0.4, 0.5) is 0 Å². The molecule has 0 aliphatic rings. The van der Waals surface area contributed by atoms with Crippen LogP contribution in [0.15, 0.2) is 10.6 Å². The minimum atomic E-state index is -0.528. The Bertz CT molecular complexity index is 108. The van der Waals surface area contributed by atoms with E-state index in [9.17, 15) is 0 Å². The zero-order chi connectivity index (χ0) is 7.44. The quantitative estimate of drug-likeness (QED) is 0.690. The monoisotopic (exact) mass is 194 g/mol. The van der Waals surface area contributed by atoms with Gasteiger partial charge in [-0.1, -0.05) is 15.9 Å². The molecule has 3 heteroatoms. The summed E-state index contributed by atoms with van der Waals surface area (Å²) in [6, 6.07) is 0. The van der Waals surface area contributed by atoms with Crippen molar-refractivity contribution in [3.63, 3.8) is 0 Å². The first-order valence-corrected chi connectivity index (χ1v) is 3.56. The topological polar surface area (TPSA) is 40.5 Å². The largest absolute Gasteiger partial charge is 0.389 e. The Morgan fingerprint density at radius 1 is 1.44 bits per heavy atom. The first-order valence-electron chi connectivity index (χ1n) is 2.77. The Labute approximate surface area is 63.3 Å². The summed E-state index contributed by atoms with van der Waals surface area (Å²) >= 11 is 3.09. The maximum atomic E-state index is 8.84. The third-order valence-electron chi connectivity index (χ3n) is 0.800. The van der Waals surface area contributed by atoms with Gasteiger partial charge in [0.2, 0.25) is 0 Å². The van der Waals surface area contributed by atoms with Gasteiger partial charge in [0.15, 0.2) is 0 Å². The molecule has 9 heavy (non-hydrogen) atoms. The Balaban J connectivity index is 3.84. The second-order valence-electron chi connectivity index (χ2n) is 1.97. The molecule has 54 valence electrons. The van der Waals surface area contributed by atoms with E-state index >= 15 is 0 Å².